The molecular formula is C9H8FN3OS. The highest BCUT2D eigenvalue weighted by Gasteiger charge is 2.03. The van der Waals surface area contributed by atoms with E-state index in [0.29, 0.717) is 11.6 Å². The van der Waals surface area contributed by atoms with Crippen LogP contribution in [0.25, 0.3) is 0 Å². The zero-order valence-corrected chi connectivity index (χ0v) is 8.50. The molecule has 6 heteroatoms. The van der Waals surface area contributed by atoms with E-state index in [1.165, 1.54) is 30.2 Å². The van der Waals surface area contributed by atoms with Crippen LogP contribution < -0.4 is 5.73 Å². The van der Waals surface area contributed by atoms with Gasteiger partial charge in [0.05, 0.1) is 11.4 Å². The lowest BCUT2D eigenvalue weighted by Crippen LogP contribution is -1.90. The molecule has 2 N–H and O–H groups in total. The van der Waals surface area contributed by atoms with Gasteiger partial charge in [0.2, 0.25) is 5.89 Å². The van der Waals surface area contributed by atoms with Gasteiger partial charge in [0, 0.05) is 4.90 Å². The summed E-state index contributed by atoms with van der Waals surface area (Å²) in [6, 6.07) is 4.67. The zero-order valence-electron chi connectivity index (χ0n) is 7.68. The van der Waals surface area contributed by atoms with Crippen LogP contribution in [-0.4, -0.2) is 10.1 Å². The van der Waals surface area contributed by atoms with Gasteiger partial charge in [-0.3, -0.25) is 0 Å². The quantitative estimate of drug-likeness (QED) is 0.640. The Balaban J connectivity index is 2.02. The van der Waals surface area contributed by atoms with Crippen molar-refractivity contribution in [3.8, 4) is 0 Å². The van der Waals surface area contributed by atoms with E-state index in [4.69, 9.17) is 10.3 Å². The van der Waals surface area contributed by atoms with Gasteiger partial charge in [0.25, 0.3) is 0 Å². The fourth-order valence-electron chi connectivity index (χ4n) is 1.00. The lowest BCUT2D eigenvalue weighted by Gasteiger charge is -2.00. The number of nitrogen functional groups attached to an aromatic ring is 1. The second kappa shape index (κ2) is 4.31. The van der Waals surface area contributed by atoms with Crippen molar-refractivity contribution in [2.45, 2.75) is 10.6 Å². The average molecular weight is 225 g/mol. The molecule has 0 amide bonds. The van der Waals surface area contributed by atoms with Crippen LogP contribution in [0.4, 0.5) is 10.1 Å². The lowest BCUT2D eigenvalue weighted by molar-refractivity contribution is 0.390. The highest BCUT2D eigenvalue weighted by molar-refractivity contribution is 7.98. The molecule has 0 saturated carbocycles. The molecule has 0 spiro atoms. The molecule has 0 aliphatic heterocycles. The molecule has 0 aliphatic carbocycles. The molecule has 4 nitrogen and oxygen atoms in total. The van der Waals surface area contributed by atoms with Gasteiger partial charge in [-0.1, -0.05) is 5.16 Å². The Kier molecular flexibility index (Phi) is 2.86. The predicted octanol–water partition coefficient (Wildman–Crippen LogP) is 2.08. The first-order chi connectivity index (χ1) is 7.25. The Morgan fingerprint density at radius 3 is 3.00 bits per heavy atom. The minimum Gasteiger partial charge on any atom is -0.396 e. The van der Waals surface area contributed by atoms with Crippen molar-refractivity contribution >= 4 is 17.4 Å². The highest BCUT2D eigenvalue weighted by atomic mass is 32.2. The summed E-state index contributed by atoms with van der Waals surface area (Å²) in [4.78, 5) is 4.63. The summed E-state index contributed by atoms with van der Waals surface area (Å²) >= 11 is 1.41. The summed E-state index contributed by atoms with van der Waals surface area (Å²) in [5, 5.41) is 3.47. The Bertz CT molecular complexity index is 447. The Morgan fingerprint density at radius 2 is 2.33 bits per heavy atom. The van der Waals surface area contributed by atoms with E-state index in [0.717, 1.165) is 4.90 Å². The molecule has 0 fully saturated rings. The van der Waals surface area contributed by atoms with Gasteiger partial charge in [0.15, 0.2) is 6.33 Å². The van der Waals surface area contributed by atoms with Crippen molar-refractivity contribution in [1.29, 1.82) is 0 Å². The van der Waals surface area contributed by atoms with E-state index in [2.05, 4.69) is 10.1 Å². The second-order valence-electron chi connectivity index (χ2n) is 2.81. The largest absolute Gasteiger partial charge is 0.396 e. The Morgan fingerprint density at radius 1 is 1.47 bits per heavy atom. The van der Waals surface area contributed by atoms with Gasteiger partial charge in [-0.05, 0) is 18.2 Å². The third-order valence-electron chi connectivity index (χ3n) is 1.74. The third-order valence-corrected chi connectivity index (χ3v) is 2.72. The molecule has 2 aromatic rings. The van der Waals surface area contributed by atoms with Crippen LogP contribution in [0.5, 0.6) is 0 Å². The molecule has 0 aliphatic rings. The number of rotatable bonds is 3. The van der Waals surface area contributed by atoms with Crippen LogP contribution >= 0.6 is 11.8 Å². The van der Waals surface area contributed by atoms with E-state index in [1.807, 2.05) is 0 Å². The average Bonchev–Trinajstić information content (AvgIpc) is 2.73. The van der Waals surface area contributed by atoms with Gasteiger partial charge in [-0.15, -0.1) is 11.8 Å². The van der Waals surface area contributed by atoms with E-state index >= 15 is 0 Å². The predicted molar refractivity (Wildman–Crippen MR) is 54.7 cm³/mol. The minimum absolute atomic E-state index is 0.150. The van der Waals surface area contributed by atoms with Crippen molar-refractivity contribution in [3.63, 3.8) is 0 Å². The molecule has 2 rings (SSSR count). The van der Waals surface area contributed by atoms with Gasteiger partial charge in [0.1, 0.15) is 5.82 Å². The number of anilines is 1. The Hall–Kier alpha value is -1.56. The minimum atomic E-state index is -0.412. The van der Waals surface area contributed by atoms with Crippen LogP contribution in [0.1, 0.15) is 5.89 Å². The number of benzene rings is 1. The summed E-state index contributed by atoms with van der Waals surface area (Å²) in [6.45, 7) is 0. The summed E-state index contributed by atoms with van der Waals surface area (Å²) in [7, 11) is 0. The number of nitrogens with two attached hydrogens (primary N) is 1. The first kappa shape index (κ1) is 9.97. The van der Waals surface area contributed by atoms with Gasteiger partial charge < -0.3 is 10.3 Å². The number of hydrogen-bond donors (Lipinski definition) is 1. The molecule has 1 aromatic heterocycles. The molecule has 78 valence electrons. The van der Waals surface area contributed by atoms with Crippen LogP contribution in [0.3, 0.4) is 0 Å². The summed E-state index contributed by atoms with van der Waals surface area (Å²) in [5.41, 5.74) is 5.50. The van der Waals surface area contributed by atoms with Crippen LogP contribution in [0.2, 0.25) is 0 Å². The molecule has 1 heterocycles. The van der Waals surface area contributed by atoms with E-state index in [-0.39, 0.29) is 5.69 Å². The summed E-state index contributed by atoms with van der Waals surface area (Å²) in [5.74, 6) is 0.617. The van der Waals surface area contributed by atoms with Gasteiger partial charge >= 0.3 is 0 Å². The van der Waals surface area contributed by atoms with E-state index in [1.54, 1.807) is 6.07 Å². The van der Waals surface area contributed by atoms with Gasteiger partial charge in [-0.2, -0.15) is 4.98 Å². The second-order valence-corrected chi connectivity index (χ2v) is 3.86. The number of nitrogens with zero attached hydrogens (tertiary/aromatic N) is 2. The van der Waals surface area contributed by atoms with Crippen molar-refractivity contribution in [2.75, 3.05) is 5.73 Å². The first-order valence-electron chi connectivity index (χ1n) is 4.19. The SMILES string of the molecule is Nc1ccc(SCc2ncno2)cc1F. The molecule has 1 aromatic carbocycles. The number of hydrogen-bond acceptors (Lipinski definition) is 5. The van der Waals surface area contributed by atoms with Crippen molar-refractivity contribution in [1.82, 2.24) is 10.1 Å². The maximum Gasteiger partial charge on any atom is 0.236 e. The lowest BCUT2D eigenvalue weighted by atomic mass is 10.3. The fraction of sp³-hybridized carbons (Fsp3) is 0.111. The number of thioether (sulfide) groups is 1. The zero-order chi connectivity index (χ0) is 10.7. The standard InChI is InChI=1S/C9H8FN3OS/c10-7-3-6(1-2-8(7)11)15-4-9-12-5-13-14-9/h1-3,5H,4,11H2. The number of aromatic nitrogens is 2. The summed E-state index contributed by atoms with van der Waals surface area (Å²) in [6.07, 6.45) is 1.33. The maximum absolute atomic E-state index is 13.1. The molecule has 0 saturated heterocycles. The normalized spacial score (nSPS) is 10.5. The molecular weight excluding hydrogens is 217 g/mol. The molecule has 0 unspecified atom stereocenters. The highest BCUT2D eigenvalue weighted by Crippen LogP contribution is 2.24. The molecule has 0 atom stereocenters. The van der Waals surface area contributed by atoms with Crippen LogP contribution in [-0.2, 0) is 5.75 Å². The number of halogens is 1. The van der Waals surface area contributed by atoms with Crippen LogP contribution in [0.15, 0.2) is 33.9 Å². The monoisotopic (exact) mass is 225 g/mol. The molecule has 15 heavy (non-hydrogen) atoms. The van der Waals surface area contributed by atoms with Crippen molar-refractivity contribution in [2.24, 2.45) is 0 Å². The van der Waals surface area contributed by atoms with Gasteiger partial charge in [-0.25, -0.2) is 4.39 Å². The summed E-state index contributed by atoms with van der Waals surface area (Å²) < 4.78 is 17.9. The smallest absolute Gasteiger partial charge is 0.236 e. The van der Waals surface area contributed by atoms with Crippen molar-refractivity contribution in [3.05, 3.63) is 36.2 Å². The molecule has 0 radical (unpaired) electrons. The fourth-order valence-corrected chi connectivity index (χ4v) is 1.77. The molecule has 0 bridgehead atoms. The van der Waals surface area contributed by atoms with Crippen LogP contribution in [0, 0.1) is 5.82 Å². The van der Waals surface area contributed by atoms with E-state index in [9.17, 15) is 4.39 Å². The third kappa shape index (κ3) is 2.47. The van der Waals surface area contributed by atoms with E-state index < -0.39 is 5.82 Å². The maximum atomic E-state index is 13.1. The first-order valence-corrected chi connectivity index (χ1v) is 5.17. The Labute approximate surface area is 89.7 Å². The van der Waals surface area contributed by atoms with Crippen molar-refractivity contribution < 1.29 is 8.91 Å². The topological polar surface area (TPSA) is 64.9 Å².